The van der Waals surface area contributed by atoms with Gasteiger partial charge in [0.05, 0.1) is 0 Å². The number of rotatable bonds is 6. The van der Waals surface area contributed by atoms with Crippen LogP contribution in [0.15, 0.2) is 54.6 Å². The number of carboxylic acid groups (broad SMARTS) is 1. The smallest absolute Gasteiger partial charge is 0.323 e. The van der Waals surface area contributed by atoms with Crippen LogP contribution in [0.2, 0.25) is 0 Å². The molecule has 2 aromatic carbocycles. The highest BCUT2D eigenvalue weighted by atomic mass is 16.4. The van der Waals surface area contributed by atoms with Crippen LogP contribution in [0.1, 0.15) is 22.0 Å². The highest BCUT2D eigenvalue weighted by molar-refractivity contribution is 6.08. The predicted molar refractivity (Wildman–Crippen MR) is 88.2 cm³/mol. The van der Waals surface area contributed by atoms with Crippen LogP contribution in [0.25, 0.3) is 0 Å². The van der Waals surface area contributed by atoms with Gasteiger partial charge in [0.25, 0.3) is 5.91 Å². The van der Waals surface area contributed by atoms with E-state index in [0.29, 0.717) is 11.3 Å². The van der Waals surface area contributed by atoms with Crippen molar-refractivity contribution in [3.63, 3.8) is 0 Å². The average molecular weight is 313 g/mol. The summed E-state index contributed by atoms with van der Waals surface area (Å²) in [4.78, 5) is 25.0. The van der Waals surface area contributed by atoms with Crippen LogP contribution in [0.3, 0.4) is 0 Å². The third-order valence-corrected chi connectivity index (χ3v) is 3.42. The first-order valence-electron chi connectivity index (χ1n) is 7.17. The number of nitrogens with two attached hydrogens (primary N) is 2. The lowest BCUT2D eigenvalue weighted by atomic mass is 10.1. The summed E-state index contributed by atoms with van der Waals surface area (Å²) in [5.74, 6) is -1.48. The van der Waals surface area contributed by atoms with Crippen molar-refractivity contribution in [3.8, 4) is 0 Å². The first-order valence-corrected chi connectivity index (χ1v) is 7.17. The zero-order chi connectivity index (χ0) is 16.8. The molecule has 0 aliphatic carbocycles. The Morgan fingerprint density at radius 2 is 1.78 bits per heavy atom. The van der Waals surface area contributed by atoms with Gasteiger partial charge in [-0.2, -0.15) is 0 Å². The second-order valence-corrected chi connectivity index (χ2v) is 5.09. The Bertz CT molecular complexity index is 688. The number of benzene rings is 2. The summed E-state index contributed by atoms with van der Waals surface area (Å²) in [7, 11) is 0. The van der Waals surface area contributed by atoms with Crippen molar-refractivity contribution in [2.45, 2.75) is 6.04 Å². The summed E-state index contributed by atoms with van der Waals surface area (Å²) in [6, 6.07) is 15.1. The lowest BCUT2D eigenvalue weighted by Crippen LogP contribution is -2.36. The summed E-state index contributed by atoms with van der Waals surface area (Å²) in [6.45, 7) is -0.177. The van der Waals surface area contributed by atoms with Gasteiger partial charge in [-0.15, -0.1) is 0 Å². The minimum atomic E-state index is -1.09. The highest BCUT2D eigenvalue weighted by Gasteiger charge is 2.21. The molecule has 0 heterocycles. The summed E-state index contributed by atoms with van der Waals surface area (Å²) in [6.07, 6.45) is 0. The van der Waals surface area contributed by atoms with Crippen LogP contribution in [-0.2, 0) is 4.79 Å². The number of anilines is 1. The SMILES string of the molecule is NCC(N)c1cccc(N(CC(=O)O)C(=O)c2ccccc2)c1. The molecule has 0 spiro atoms. The van der Waals surface area contributed by atoms with Crippen molar-refractivity contribution in [1.82, 2.24) is 0 Å². The number of nitrogens with zero attached hydrogens (tertiary/aromatic N) is 1. The van der Waals surface area contributed by atoms with Gasteiger partial charge in [0, 0.05) is 23.8 Å². The van der Waals surface area contributed by atoms with Crippen molar-refractivity contribution in [2.24, 2.45) is 11.5 Å². The molecule has 23 heavy (non-hydrogen) atoms. The summed E-state index contributed by atoms with van der Waals surface area (Å²) >= 11 is 0. The highest BCUT2D eigenvalue weighted by Crippen LogP contribution is 2.21. The standard InChI is InChI=1S/C17H19N3O3/c18-10-15(19)13-7-4-8-14(9-13)20(11-16(21)22)17(23)12-5-2-1-3-6-12/h1-9,15H,10-11,18-19H2,(H,21,22). The van der Waals surface area contributed by atoms with Crippen LogP contribution in [-0.4, -0.2) is 30.1 Å². The van der Waals surface area contributed by atoms with Crippen LogP contribution in [0, 0.1) is 0 Å². The van der Waals surface area contributed by atoms with Crippen LogP contribution < -0.4 is 16.4 Å². The van der Waals surface area contributed by atoms with Gasteiger partial charge in [0.2, 0.25) is 0 Å². The largest absolute Gasteiger partial charge is 0.480 e. The topological polar surface area (TPSA) is 110 Å². The second-order valence-electron chi connectivity index (χ2n) is 5.09. The van der Waals surface area contributed by atoms with Crippen molar-refractivity contribution < 1.29 is 14.7 Å². The third-order valence-electron chi connectivity index (χ3n) is 3.42. The fourth-order valence-electron chi connectivity index (χ4n) is 2.21. The molecule has 6 heteroatoms. The number of carbonyl (C=O) groups excluding carboxylic acids is 1. The van der Waals surface area contributed by atoms with Gasteiger partial charge in [-0.25, -0.2) is 0 Å². The molecule has 1 unspecified atom stereocenters. The molecule has 0 saturated heterocycles. The van der Waals surface area contributed by atoms with Gasteiger partial charge in [0.1, 0.15) is 6.54 Å². The van der Waals surface area contributed by atoms with Gasteiger partial charge < -0.3 is 16.6 Å². The van der Waals surface area contributed by atoms with E-state index in [1.165, 1.54) is 4.90 Å². The predicted octanol–water partition coefficient (Wildman–Crippen LogP) is 1.38. The zero-order valence-electron chi connectivity index (χ0n) is 12.6. The van der Waals surface area contributed by atoms with Gasteiger partial charge in [-0.3, -0.25) is 14.5 Å². The molecule has 120 valence electrons. The van der Waals surface area contributed by atoms with Crippen molar-refractivity contribution in [3.05, 3.63) is 65.7 Å². The first kappa shape index (κ1) is 16.7. The lowest BCUT2D eigenvalue weighted by Gasteiger charge is -2.22. The van der Waals surface area contributed by atoms with Gasteiger partial charge in [-0.05, 0) is 29.8 Å². The normalized spacial score (nSPS) is 11.7. The molecule has 0 aromatic heterocycles. The fourth-order valence-corrected chi connectivity index (χ4v) is 2.21. The molecule has 0 saturated carbocycles. The Hall–Kier alpha value is -2.70. The Morgan fingerprint density at radius 1 is 1.09 bits per heavy atom. The Balaban J connectivity index is 2.39. The quantitative estimate of drug-likeness (QED) is 0.746. The summed E-state index contributed by atoms with van der Waals surface area (Å²) in [5, 5.41) is 9.13. The van der Waals surface area contributed by atoms with E-state index in [1.807, 2.05) is 0 Å². The Kier molecular flexibility index (Phi) is 5.46. The maximum absolute atomic E-state index is 12.6. The molecule has 2 aromatic rings. The van der Waals surface area contributed by atoms with Crippen molar-refractivity contribution in [1.29, 1.82) is 0 Å². The number of hydrogen-bond acceptors (Lipinski definition) is 4. The molecule has 0 aliphatic heterocycles. The molecule has 2 rings (SSSR count). The summed E-state index contributed by atoms with van der Waals surface area (Å²) < 4.78 is 0. The summed E-state index contributed by atoms with van der Waals surface area (Å²) in [5.41, 5.74) is 13.1. The lowest BCUT2D eigenvalue weighted by molar-refractivity contribution is -0.135. The van der Waals surface area contributed by atoms with Crippen LogP contribution >= 0.6 is 0 Å². The van der Waals surface area contributed by atoms with E-state index in [9.17, 15) is 9.59 Å². The van der Waals surface area contributed by atoms with Crippen LogP contribution in [0.5, 0.6) is 0 Å². The molecule has 1 atom stereocenters. The second kappa shape index (κ2) is 7.53. The molecule has 0 fully saturated rings. The first-order chi connectivity index (χ1) is 11.0. The third kappa shape index (κ3) is 4.15. The molecular weight excluding hydrogens is 294 g/mol. The maximum Gasteiger partial charge on any atom is 0.323 e. The molecule has 0 radical (unpaired) electrons. The molecular formula is C17H19N3O3. The molecule has 5 N–H and O–H groups in total. The van der Waals surface area contributed by atoms with Gasteiger partial charge in [-0.1, -0.05) is 30.3 Å². The molecule has 0 aliphatic rings. The van der Waals surface area contributed by atoms with E-state index in [4.69, 9.17) is 16.6 Å². The number of aliphatic carboxylic acids is 1. The minimum absolute atomic E-state index is 0.259. The number of carbonyl (C=O) groups is 2. The fraction of sp³-hybridized carbons (Fsp3) is 0.176. The van der Waals surface area contributed by atoms with E-state index in [-0.39, 0.29) is 18.5 Å². The van der Waals surface area contributed by atoms with Crippen molar-refractivity contribution in [2.75, 3.05) is 18.0 Å². The zero-order valence-corrected chi connectivity index (χ0v) is 12.6. The number of carboxylic acids is 1. The molecule has 0 bridgehead atoms. The Morgan fingerprint density at radius 3 is 2.39 bits per heavy atom. The minimum Gasteiger partial charge on any atom is -0.480 e. The number of hydrogen-bond donors (Lipinski definition) is 3. The van der Waals surface area contributed by atoms with Gasteiger partial charge in [0.15, 0.2) is 0 Å². The van der Waals surface area contributed by atoms with Crippen LogP contribution in [0.4, 0.5) is 5.69 Å². The molecule has 1 amide bonds. The van der Waals surface area contributed by atoms with Crippen molar-refractivity contribution >= 4 is 17.6 Å². The average Bonchev–Trinajstić information content (AvgIpc) is 2.59. The molecule has 6 nitrogen and oxygen atoms in total. The van der Waals surface area contributed by atoms with E-state index >= 15 is 0 Å². The van der Waals surface area contributed by atoms with E-state index in [2.05, 4.69) is 0 Å². The van der Waals surface area contributed by atoms with E-state index in [1.54, 1.807) is 54.6 Å². The monoisotopic (exact) mass is 313 g/mol. The number of amides is 1. The Labute approximate surface area is 134 Å². The van der Waals surface area contributed by atoms with Gasteiger partial charge >= 0.3 is 5.97 Å². The maximum atomic E-state index is 12.6. The van der Waals surface area contributed by atoms with E-state index < -0.39 is 12.5 Å². The van der Waals surface area contributed by atoms with E-state index in [0.717, 1.165) is 5.56 Å².